The summed E-state index contributed by atoms with van der Waals surface area (Å²) in [6.07, 6.45) is -0.348. The van der Waals surface area contributed by atoms with Crippen LogP contribution in [0.15, 0.2) is 42.5 Å². The van der Waals surface area contributed by atoms with Gasteiger partial charge in [-0.25, -0.2) is 0 Å². The van der Waals surface area contributed by atoms with Gasteiger partial charge in [0, 0.05) is 16.1 Å². The van der Waals surface area contributed by atoms with Gasteiger partial charge in [0.1, 0.15) is 0 Å². The van der Waals surface area contributed by atoms with Crippen LogP contribution in [-0.2, 0) is 10.4 Å². The summed E-state index contributed by atoms with van der Waals surface area (Å²) in [6, 6.07) is 11.9. The summed E-state index contributed by atoms with van der Waals surface area (Å²) in [5.41, 5.74) is 0.0619. The third-order valence-electron chi connectivity index (χ3n) is 3.90. The molecule has 0 unspecified atom stereocenters. The van der Waals surface area contributed by atoms with Gasteiger partial charge in [0.25, 0.3) is 5.91 Å². The quantitative estimate of drug-likeness (QED) is 0.855. The number of amides is 1. The van der Waals surface area contributed by atoms with Crippen LogP contribution in [0.3, 0.4) is 0 Å². The van der Waals surface area contributed by atoms with Crippen molar-refractivity contribution in [2.45, 2.75) is 18.9 Å². The largest absolute Gasteiger partial charge is 0.375 e. The zero-order chi connectivity index (χ0) is 15.9. The number of hydrogen-bond acceptors (Lipinski definition) is 3. The first-order valence-corrected chi connectivity index (χ1v) is 7.23. The fourth-order valence-corrected chi connectivity index (χ4v) is 3.02. The van der Waals surface area contributed by atoms with Crippen LogP contribution in [-0.4, -0.2) is 16.8 Å². The second-order valence-electron chi connectivity index (χ2n) is 5.39. The van der Waals surface area contributed by atoms with Crippen molar-refractivity contribution in [1.29, 1.82) is 0 Å². The van der Waals surface area contributed by atoms with Crippen molar-refractivity contribution < 1.29 is 14.7 Å². The second-order valence-corrected chi connectivity index (χ2v) is 5.80. The number of carbonyl (C=O) groups is 2. The molecule has 0 radical (unpaired) electrons. The Balaban J connectivity index is 2.03. The number of Topliss-reactive ketones (excluding diaryl/α,β-unsaturated/α-hetero) is 1. The number of benzene rings is 2. The summed E-state index contributed by atoms with van der Waals surface area (Å²) in [7, 11) is 0. The molecule has 22 heavy (non-hydrogen) atoms. The number of rotatable bonds is 3. The maximum absolute atomic E-state index is 12.4. The minimum absolute atomic E-state index is 0.266. The number of fused-ring (bicyclic) bond motifs is 1. The van der Waals surface area contributed by atoms with Gasteiger partial charge in [-0.1, -0.05) is 48.0 Å². The van der Waals surface area contributed by atoms with Crippen molar-refractivity contribution in [3.63, 3.8) is 0 Å². The second kappa shape index (κ2) is 5.23. The number of ketones is 1. The van der Waals surface area contributed by atoms with E-state index in [2.05, 4.69) is 5.32 Å². The zero-order valence-electron chi connectivity index (χ0n) is 11.9. The molecule has 0 saturated carbocycles. The highest BCUT2D eigenvalue weighted by atomic mass is 35.5. The SMILES string of the molecule is Cc1ccc(Cl)c2c1NC(=O)[C@]2(O)CC(=O)c1ccccc1. The number of hydrogen-bond donors (Lipinski definition) is 2. The minimum Gasteiger partial charge on any atom is -0.375 e. The van der Waals surface area contributed by atoms with E-state index in [4.69, 9.17) is 11.6 Å². The highest BCUT2D eigenvalue weighted by Gasteiger charge is 2.48. The third kappa shape index (κ3) is 2.21. The third-order valence-corrected chi connectivity index (χ3v) is 4.22. The number of nitrogens with one attached hydrogen (secondary N) is 1. The molecule has 5 heteroatoms. The van der Waals surface area contributed by atoms with Crippen LogP contribution < -0.4 is 5.32 Å². The van der Waals surface area contributed by atoms with E-state index >= 15 is 0 Å². The Morgan fingerprint density at radius 2 is 1.91 bits per heavy atom. The molecule has 1 aliphatic heterocycles. The molecular formula is C17H14ClNO3. The smallest absolute Gasteiger partial charge is 0.261 e. The lowest BCUT2D eigenvalue weighted by atomic mass is 9.87. The highest BCUT2D eigenvalue weighted by molar-refractivity contribution is 6.33. The van der Waals surface area contributed by atoms with E-state index in [9.17, 15) is 14.7 Å². The van der Waals surface area contributed by atoms with Gasteiger partial charge in [0.15, 0.2) is 11.4 Å². The predicted octanol–water partition coefficient (Wildman–Crippen LogP) is 3.06. The van der Waals surface area contributed by atoms with Gasteiger partial charge in [-0.05, 0) is 18.6 Å². The molecule has 1 aliphatic rings. The van der Waals surface area contributed by atoms with Gasteiger partial charge < -0.3 is 10.4 Å². The lowest BCUT2D eigenvalue weighted by molar-refractivity contribution is -0.133. The fraction of sp³-hybridized carbons (Fsp3) is 0.176. The molecule has 2 aromatic carbocycles. The summed E-state index contributed by atoms with van der Waals surface area (Å²) in [4.78, 5) is 24.6. The Labute approximate surface area is 132 Å². The predicted molar refractivity (Wildman–Crippen MR) is 84.1 cm³/mol. The zero-order valence-corrected chi connectivity index (χ0v) is 12.6. The van der Waals surface area contributed by atoms with E-state index in [0.717, 1.165) is 5.56 Å². The maximum Gasteiger partial charge on any atom is 0.261 e. The molecule has 0 aliphatic carbocycles. The van der Waals surface area contributed by atoms with Gasteiger partial charge in [0.2, 0.25) is 0 Å². The normalized spacial score (nSPS) is 19.7. The minimum atomic E-state index is -1.94. The van der Waals surface area contributed by atoms with Crippen LogP contribution in [0, 0.1) is 6.92 Å². The van der Waals surface area contributed by atoms with Crippen LogP contribution in [0.4, 0.5) is 5.69 Å². The summed E-state index contributed by atoms with van der Waals surface area (Å²) in [5, 5.41) is 13.7. The molecule has 0 aromatic heterocycles. The average molecular weight is 316 g/mol. The molecule has 2 aromatic rings. The van der Waals surface area contributed by atoms with E-state index in [-0.39, 0.29) is 22.8 Å². The molecule has 112 valence electrons. The fourth-order valence-electron chi connectivity index (χ4n) is 2.70. The van der Waals surface area contributed by atoms with E-state index in [0.29, 0.717) is 11.3 Å². The lowest BCUT2D eigenvalue weighted by Gasteiger charge is -2.21. The van der Waals surface area contributed by atoms with Crippen LogP contribution in [0.1, 0.15) is 27.9 Å². The van der Waals surface area contributed by atoms with Gasteiger partial charge in [-0.3, -0.25) is 9.59 Å². The van der Waals surface area contributed by atoms with Crippen molar-refractivity contribution in [1.82, 2.24) is 0 Å². The number of aryl methyl sites for hydroxylation is 1. The van der Waals surface area contributed by atoms with E-state index in [1.807, 2.05) is 0 Å². The van der Waals surface area contributed by atoms with Crippen LogP contribution >= 0.6 is 11.6 Å². The molecule has 0 spiro atoms. The van der Waals surface area contributed by atoms with Crippen molar-refractivity contribution >= 4 is 29.0 Å². The standard InChI is InChI=1S/C17H14ClNO3/c1-10-7-8-12(18)14-15(10)19-16(21)17(14,22)9-13(20)11-5-3-2-4-6-11/h2-8,22H,9H2,1H3,(H,19,21)/t17-/m0/s1. The molecule has 3 rings (SSSR count). The topological polar surface area (TPSA) is 66.4 Å². The first-order chi connectivity index (χ1) is 10.4. The lowest BCUT2D eigenvalue weighted by Crippen LogP contribution is -2.36. The summed E-state index contributed by atoms with van der Waals surface area (Å²) < 4.78 is 0. The average Bonchev–Trinajstić information content (AvgIpc) is 2.77. The van der Waals surface area contributed by atoms with Gasteiger partial charge in [0.05, 0.1) is 12.1 Å². The van der Waals surface area contributed by atoms with Crippen molar-refractivity contribution in [2.24, 2.45) is 0 Å². The number of anilines is 1. The van der Waals surface area contributed by atoms with Crippen molar-refractivity contribution in [2.75, 3.05) is 5.32 Å². The summed E-state index contributed by atoms with van der Waals surface area (Å²) in [6.45, 7) is 1.81. The van der Waals surface area contributed by atoms with Crippen LogP contribution in [0.25, 0.3) is 0 Å². The Kier molecular flexibility index (Phi) is 3.51. The first kappa shape index (κ1) is 14.8. The van der Waals surface area contributed by atoms with Crippen LogP contribution in [0.2, 0.25) is 5.02 Å². The summed E-state index contributed by atoms with van der Waals surface area (Å²) in [5.74, 6) is -0.938. The molecular weight excluding hydrogens is 302 g/mol. The molecule has 2 N–H and O–H groups in total. The van der Waals surface area contributed by atoms with E-state index in [1.165, 1.54) is 0 Å². The molecule has 1 amide bonds. The first-order valence-electron chi connectivity index (χ1n) is 6.85. The monoisotopic (exact) mass is 315 g/mol. The Bertz CT molecular complexity index is 773. The number of aliphatic hydroxyl groups is 1. The van der Waals surface area contributed by atoms with Crippen molar-refractivity contribution in [3.05, 3.63) is 64.2 Å². The summed E-state index contributed by atoms with van der Waals surface area (Å²) >= 11 is 6.16. The van der Waals surface area contributed by atoms with Crippen molar-refractivity contribution in [3.8, 4) is 0 Å². The molecule has 1 heterocycles. The van der Waals surface area contributed by atoms with Crippen LogP contribution in [0.5, 0.6) is 0 Å². The van der Waals surface area contributed by atoms with Gasteiger partial charge >= 0.3 is 0 Å². The molecule has 0 saturated heterocycles. The van der Waals surface area contributed by atoms with E-state index in [1.54, 1.807) is 49.4 Å². The Hall–Kier alpha value is -2.17. The molecule has 0 bridgehead atoms. The molecule has 1 atom stereocenters. The van der Waals surface area contributed by atoms with Gasteiger partial charge in [-0.2, -0.15) is 0 Å². The Morgan fingerprint density at radius 1 is 1.23 bits per heavy atom. The Morgan fingerprint density at radius 3 is 2.59 bits per heavy atom. The molecule has 0 fully saturated rings. The van der Waals surface area contributed by atoms with E-state index < -0.39 is 11.5 Å². The highest BCUT2D eigenvalue weighted by Crippen LogP contribution is 2.44. The number of halogens is 1. The molecule has 4 nitrogen and oxygen atoms in total. The number of carbonyl (C=O) groups excluding carboxylic acids is 2. The maximum atomic E-state index is 12.4. The van der Waals surface area contributed by atoms with Gasteiger partial charge in [-0.15, -0.1) is 0 Å².